The van der Waals surface area contributed by atoms with Crippen LogP contribution in [0.15, 0.2) is 29.4 Å². The summed E-state index contributed by atoms with van der Waals surface area (Å²) in [7, 11) is 0. The van der Waals surface area contributed by atoms with Crippen LogP contribution in [0.1, 0.15) is 11.1 Å². The van der Waals surface area contributed by atoms with E-state index in [-0.39, 0.29) is 6.42 Å². The van der Waals surface area contributed by atoms with Crippen LogP contribution in [0.5, 0.6) is 0 Å². The predicted molar refractivity (Wildman–Crippen MR) is 58.6 cm³/mol. The molecule has 0 saturated carbocycles. The van der Waals surface area contributed by atoms with Crippen LogP contribution in [0, 0.1) is 0 Å². The summed E-state index contributed by atoms with van der Waals surface area (Å²) >= 11 is 0. The molecule has 0 spiro atoms. The minimum Gasteiger partial charge on any atom is -0.480 e. The lowest BCUT2D eigenvalue weighted by Crippen LogP contribution is -2.32. The molecule has 16 heavy (non-hydrogen) atoms. The van der Waals surface area contributed by atoms with E-state index < -0.39 is 12.0 Å². The highest BCUT2D eigenvalue weighted by atomic mass is 16.4. The first-order chi connectivity index (χ1) is 7.63. The third-order valence-corrected chi connectivity index (χ3v) is 2.11. The van der Waals surface area contributed by atoms with Crippen LogP contribution in [-0.4, -0.2) is 17.1 Å². The summed E-state index contributed by atoms with van der Waals surface area (Å²) in [5.41, 5.74) is 15.3. The lowest BCUT2D eigenvalue weighted by atomic mass is 10.0. The first kappa shape index (κ1) is 12.0. The Morgan fingerprint density at radius 3 is 2.50 bits per heavy atom. The summed E-state index contributed by atoms with van der Waals surface area (Å²) in [6.07, 6.45) is 0.289. The van der Waals surface area contributed by atoms with E-state index in [4.69, 9.17) is 16.4 Å². The topological polar surface area (TPSA) is 112 Å². The number of hydrogen-bond donors (Lipinski definition) is 2. The molecule has 0 amide bonds. The molecule has 0 bridgehead atoms. The molecular weight excluding hydrogens is 208 g/mol. The lowest BCUT2D eigenvalue weighted by molar-refractivity contribution is -0.138. The molecule has 0 unspecified atom stereocenters. The van der Waals surface area contributed by atoms with Crippen molar-refractivity contribution in [3.05, 3.63) is 45.8 Å². The van der Waals surface area contributed by atoms with Gasteiger partial charge in [0.1, 0.15) is 6.04 Å². The molecule has 0 heterocycles. The predicted octanol–water partition coefficient (Wildman–Crippen LogP) is 1.45. The van der Waals surface area contributed by atoms with Crippen LogP contribution in [0.4, 0.5) is 0 Å². The number of carbonyl (C=O) groups is 1. The van der Waals surface area contributed by atoms with Crippen molar-refractivity contribution in [2.75, 3.05) is 0 Å². The van der Waals surface area contributed by atoms with Crippen LogP contribution >= 0.6 is 0 Å². The summed E-state index contributed by atoms with van der Waals surface area (Å²) in [6.45, 7) is 0.293. The second-order valence-corrected chi connectivity index (χ2v) is 3.35. The summed E-state index contributed by atoms with van der Waals surface area (Å²) in [6, 6.07) is 6.26. The van der Waals surface area contributed by atoms with Gasteiger partial charge in [0.15, 0.2) is 0 Å². The fraction of sp³-hybridized carbons (Fsp3) is 0.300. The highest BCUT2D eigenvalue weighted by Crippen LogP contribution is 2.07. The zero-order valence-electron chi connectivity index (χ0n) is 8.58. The Kier molecular flexibility index (Phi) is 4.32. The highest BCUT2D eigenvalue weighted by Gasteiger charge is 2.11. The van der Waals surface area contributed by atoms with E-state index in [2.05, 4.69) is 10.0 Å². The van der Waals surface area contributed by atoms with Crippen molar-refractivity contribution in [1.29, 1.82) is 0 Å². The summed E-state index contributed by atoms with van der Waals surface area (Å²) in [5.74, 6) is -1.02. The maximum absolute atomic E-state index is 10.5. The largest absolute Gasteiger partial charge is 0.480 e. The molecule has 6 nitrogen and oxygen atoms in total. The number of azide groups is 1. The van der Waals surface area contributed by atoms with Gasteiger partial charge in [0.05, 0.1) is 6.54 Å². The number of benzene rings is 1. The molecule has 0 aromatic heterocycles. The van der Waals surface area contributed by atoms with E-state index in [1.807, 2.05) is 0 Å². The number of nitrogens with two attached hydrogens (primary N) is 1. The van der Waals surface area contributed by atoms with Crippen molar-refractivity contribution in [1.82, 2.24) is 0 Å². The van der Waals surface area contributed by atoms with Crippen molar-refractivity contribution >= 4 is 5.97 Å². The van der Waals surface area contributed by atoms with Gasteiger partial charge in [0.2, 0.25) is 0 Å². The first-order valence-electron chi connectivity index (χ1n) is 4.70. The quantitative estimate of drug-likeness (QED) is 0.444. The Morgan fingerprint density at radius 2 is 2.00 bits per heavy atom. The van der Waals surface area contributed by atoms with Crippen molar-refractivity contribution in [2.45, 2.75) is 19.0 Å². The maximum Gasteiger partial charge on any atom is 0.320 e. The Bertz CT molecular complexity index is 409. The fourth-order valence-electron chi connectivity index (χ4n) is 1.24. The molecule has 0 aliphatic carbocycles. The lowest BCUT2D eigenvalue weighted by Gasteiger charge is -2.06. The zero-order chi connectivity index (χ0) is 12.0. The molecular formula is C10H12N4O2. The van der Waals surface area contributed by atoms with Crippen molar-refractivity contribution in [2.24, 2.45) is 10.8 Å². The Balaban J connectivity index is 2.64. The van der Waals surface area contributed by atoms with Gasteiger partial charge in [-0.25, -0.2) is 0 Å². The van der Waals surface area contributed by atoms with Gasteiger partial charge in [0.25, 0.3) is 0 Å². The average Bonchev–Trinajstić information content (AvgIpc) is 2.28. The molecule has 0 saturated heterocycles. The SMILES string of the molecule is [N-]=[N+]=NCc1ccc(C[C@@H](N)C(=O)O)cc1. The number of aliphatic carboxylic acids is 1. The maximum atomic E-state index is 10.5. The van der Waals surface area contributed by atoms with Gasteiger partial charge < -0.3 is 10.8 Å². The molecule has 6 heteroatoms. The molecule has 1 aromatic carbocycles. The van der Waals surface area contributed by atoms with Crippen molar-refractivity contribution in [3.63, 3.8) is 0 Å². The second-order valence-electron chi connectivity index (χ2n) is 3.35. The summed E-state index contributed by atoms with van der Waals surface area (Å²) in [5, 5.41) is 12.1. The van der Waals surface area contributed by atoms with Crippen molar-refractivity contribution < 1.29 is 9.90 Å². The van der Waals surface area contributed by atoms with E-state index in [1.165, 1.54) is 0 Å². The van der Waals surface area contributed by atoms with Crippen LogP contribution in [0.25, 0.3) is 10.4 Å². The molecule has 1 aromatic rings. The van der Waals surface area contributed by atoms with Gasteiger partial charge in [-0.05, 0) is 23.1 Å². The smallest absolute Gasteiger partial charge is 0.320 e. The standard InChI is InChI=1S/C10H12N4O2/c11-9(10(15)16)5-7-1-3-8(4-2-7)6-13-14-12/h1-4,9H,5-6,11H2,(H,15,16)/t9-/m1/s1. The van der Waals surface area contributed by atoms with E-state index in [0.29, 0.717) is 6.54 Å². The van der Waals surface area contributed by atoms with Crippen LogP contribution < -0.4 is 5.73 Å². The monoisotopic (exact) mass is 220 g/mol. The van der Waals surface area contributed by atoms with Crippen molar-refractivity contribution in [3.8, 4) is 0 Å². The normalized spacial score (nSPS) is 11.6. The summed E-state index contributed by atoms with van der Waals surface area (Å²) in [4.78, 5) is 13.2. The number of nitrogens with zero attached hydrogens (tertiary/aromatic N) is 3. The number of hydrogen-bond acceptors (Lipinski definition) is 3. The minimum atomic E-state index is -1.02. The van der Waals surface area contributed by atoms with Gasteiger partial charge in [-0.15, -0.1) is 0 Å². The number of rotatable bonds is 5. The number of carboxylic acids is 1. The first-order valence-corrected chi connectivity index (χ1v) is 4.70. The molecule has 3 N–H and O–H groups in total. The fourth-order valence-corrected chi connectivity index (χ4v) is 1.24. The van der Waals surface area contributed by atoms with E-state index >= 15 is 0 Å². The van der Waals surface area contributed by atoms with Gasteiger partial charge in [-0.1, -0.05) is 29.4 Å². The van der Waals surface area contributed by atoms with Crippen LogP contribution in [0.2, 0.25) is 0 Å². The molecule has 0 fully saturated rings. The molecule has 0 radical (unpaired) electrons. The van der Waals surface area contributed by atoms with Gasteiger partial charge in [0, 0.05) is 4.91 Å². The van der Waals surface area contributed by atoms with E-state index in [0.717, 1.165) is 11.1 Å². The minimum absolute atomic E-state index is 0.289. The van der Waals surface area contributed by atoms with Crippen LogP contribution in [-0.2, 0) is 17.8 Å². The molecule has 84 valence electrons. The molecule has 1 rings (SSSR count). The third kappa shape index (κ3) is 3.61. The van der Waals surface area contributed by atoms with Gasteiger partial charge in [-0.3, -0.25) is 4.79 Å². The molecule has 1 atom stereocenters. The zero-order valence-corrected chi connectivity index (χ0v) is 8.58. The van der Waals surface area contributed by atoms with E-state index in [1.54, 1.807) is 24.3 Å². The summed E-state index contributed by atoms with van der Waals surface area (Å²) < 4.78 is 0. The van der Waals surface area contributed by atoms with Gasteiger partial charge >= 0.3 is 5.97 Å². The van der Waals surface area contributed by atoms with Gasteiger partial charge in [-0.2, -0.15) is 0 Å². The number of carboxylic acid groups (broad SMARTS) is 1. The third-order valence-electron chi connectivity index (χ3n) is 2.11. The Morgan fingerprint density at radius 1 is 1.44 bits per heavy atom. The average molecular weight is 220 g/mol. The van der Waals surface area contributed by atoms with Crippen LogP contribution in [0.3, 0.4) is 0 Å². The highest BCUT2D eigenvalue weighted by molar-refractivity contribution is 5.73. The Hall–Kier alpha value is -2.04. The molecule has 0 aliphatic rings. The van der Waals surface area contributed by atoms with E-state index in [9.17, 15) is 4.79 Å². The second kappa shape index (κ2) is 5.75. The Labute approximate surface area is 92.3 Å². The molecule has 0 aliphatic heterocycles.